The van der Waals surface area contributed by atoms with Crippen molar-refractivity contribution in [3.05, 3.63) is 99.6 Å². The van der Waals surface area contributed by atoms with Crippen LogP contribution in [0.4, 0.5) is 5.69 Å². The molecule has 0 unspecified atom stereocenters. The second kappa shape index (κ2) is 7.53. The van der Waals surface area contributed by atoms with Gasteiger partial charge in [0.25, 0.3) is 17.7 Å². The van der Waals surface area contributed by atoms with E-state index in [0.717, 1.165) is 16.0 Å². The Balaban J connectivity index is 1.60. The Morgan fingerprint density at radius 1 is 0.931 bits per heavy atom. The van der Waals surface area contributed by atoms with Gasteiger partial charge in [0.05, 0.1) is 16.8 Å². The summed E-state index contributed by atoms with van der Waals surface area (Å²) < 4.78 is 0. The summed E-state index contributed by atoms with van der Waals surface area (Å²) in [5, 5.41) is 3.39. The predicted molar refractivity (Wildman–Crippen MR) is 111 cm³/mol. The second-order valence-corrected chi connectivity index (χ2v) is 7.17. The van der Waals surface area contributed by atoms with E-state index < -0.39 is 0 Å². The van der Waals surface area contributed by atoms with Crippen molar-refractivity contribution in [3.8, 4) is 0 Å². The van der Waals surface area contributed by atoms with Crippen LogP contribution in [-0.2, 0) is 6.54 Å². The Bertz CT molecular complexity index is 1120. The van der Waals surface area contributed by atoms with Crippen LogP contribution in [0.15, 0.2) is 66.7 Å². The molecule has 5 nitrogen and oxygen atoms in total. The smallest absolute Gasteiger partial charge is 0.266 e. The van der Waals surface area contributed by atoms with Gasteiger partial charge < -0.3 is 5.32 Å². The standard InChI is InChI=1S/C23H17ClN2O3/c1-14-10-11-15(21(27)25-13-16-6-2-5-9-19(16)24)12-20(14)26-22(28)17-7-3-4-8-18(17)23(26)29/h2-12H,13H2,1H3,(H,25,27). The summed E-state index contributed by atoms with van der Waals surface area (Å²) in [6, 6.07) is 18.9. The lowest BCUT2D eigenvalue weighted by atomic mass is 10.1. The highest BCUT2D eigenvalue weighted by Crippen LogP contribution is 2.31. The minimum Gasteiger partial charge on any atom is -0.348 e. The van der Waals surface area contributed by atoms with E-state index in [0.29, 0.717) is 27.4 Å². The molecule has 0 bridgehead atoms. The van der Waals surface area contributed by atoms with Crippen LogP contribution in [0.25, 0.3) is 0 Å². The number of rotatable bonds is 4. The predicted octanol–water partition coefficient (Wildman–Crippen LogP) is 4.38. The molecule has 1 heterocycles. The molecule has 3 aromatic rings. The van der Waals surface area contributed by atoms with Crippen molar-refractivity contribution in [1.82, 2.24) is 5.32 Å². The summed E-state index contributed by atoms with van der Waals surface area (Å²) in [7, 11) is 0. The number of hydrogen-bond acceptors (Lipinski definition) is 3. The van der Waals surface area contributed by atoms with E-state index in [1.165, 1.54) is 0 Å². The summed E-state index contributed by atoms with van der Waals surface area (Å²) in [4.78, 5) is 39.3. The van der Waals surface area contributed by atoms with Gasteiger partial charge in [-0.1, -0.05) is 48.0 Å². The topological polar surface area (TPSA) is 66.5 Å². The molecule has 144 valence electrons. The molecule has 0 saturated heterocycles. The number of nitrogens with zero attached hydrogens (tertiary/aromatic N) is 1. The zero-order valence-electron chi connectivity index (χ0n) is 15.6. The molecule has 1 aliphatic rings. The van der Waals surface area contributed by atoms with E-state index in [-0.39, 0.29) is 24.3 Å². The van der Waals surface area contributed by atoms with E-state index in [2.05, 4.69) is 5.32 Å². The Labute approximate surface area is 172 Å². The molecular formula is C23H17ClN2O3. The average molecular weight is 405 g/mol. The summed E-state index contributed by atoms with van der Waals surface area (Å²) in [6.07, 6.45) is 0. The number of hydrogen-bond donors (Lipinski definition) is 1. The molecule has 0 aromatic heterocycles. The zero-order chi connectivity index (χ0) is 20.5. The minimum atomic E-state index is -0.387. The van der Waals surface area contributed by atoms with Gasteiger partial charge in [-0.05, 0) is 48.4 Å². The van der Waals surface area contributed by atoms with Crippen molar-refractivity contribution in [1.29, 1.82) is 0 Å². The van der Waals surface area contributed by atoms with E-state index in [1.54, 1.807) is 55.5 Å². The van der Waals surface area contributed by atoms with Crippen molar-refractivity contribution in [2.24, 2.45) is 0 Å². The van der Waals surface area contributed by atoms with Crippen molar-refractivity contribution in [2.45, 2.75) is 13.5 Å². The first-order chi connectivity index (χ1) is 14.0. The van der Waals surface area contributed by atoms with Crippen molar-refractivity contribution >= 4 is 35.0 Å². The number of benzene rings is 3. The molecule has 6 heteroatoms. The zero-order valence-corrected chi connectivity index (χ0v) is 16.4. The SMILES string of the molecule is Cc1ccc(C(=O)NCc2ccccc2Cl)cc1N1C(=O)c2ccccc2C1=O. The van der Waals surface area contributed by atoms with Gasteiger partial charge in [-0.15, -0.1) is 0 Å². The number of carbonyl (C=O) groups excluding carboxylic acids is 3. The molecule has 29 heavy (non-hydrogen) atoms. The molecular weight excluding hydrogens is 388 g/mol. The van der Waals surface area contributed by atoms with Crippen LogP contribution < -0.4 is 10.2 Å². The number of imide groups is 1. The van der Waals surface area contributed by atoms with Crippen LogP contribution in [-0.4, -0.2) is 17.7 Å². The number of amides is 3. The number of fused-ring (bicyclic) bond motifs is 1. The van der Waals surface area contributed by atoms with Crippen LogP contribution in [0, 0.1) is 6.92 Å². The lowest BCUT2D eigenvalue weighted by Crippen LogP contribution is -2.30. The fraction of sp³-hybridized carbons (Fsp3) is 0.0870. The van der Waals surface area contributed by atoms with Crippen LogP contribution in [0.5, 0.6) is 0 Å². The Morgan fingerprint density at radius 3 is 2.21 bits per heavy atom. The number of nitrogens with one attached hydrogen (secondary N) is 1. The average Bonchev–Trinajstić information content (AvgIpc) is 2.98. The maximum atomic E-state index is 12.8. The minimum absolute atomic E-state index is 0.273. The molecule has 0 aliphatic carbocycles. The summed E-state index contributed by atoms with van der Waals surface area (Å²) in [5.41, 5.74) is 3.02. The van der Waals surface area contributed by atoms with Crippen molar-refractivity contribution in [3.63, 3.8) is 0 Å². The molecule has 4 rings (SSSR count). The molecule has 0 radical (unpaired) electrons. The number of aryl methyl sites for hydroxylation is 1. The highest BCUT2D eigenvalue weighted by Gasteiger charge is 2.37. The molecule has 1 aliphatic heterocycles. The Morgan fingerprint density at radius 2 is 1.55 bits per heavy atom. The Kier molecular flexibility index (Phi) is 4.91. The van der Waals surface area contributed by atoms with E-state index in [1.807, 2.05) is 18.2 Å². The van der Waals surface area contributed by atoms with Crippen LogP contribution in [0.1, 0.15) is 42.2 Å². The van der Waals surface area contributed by atoms with Gasteiger partial charge in [-0.3, -0.25) is 14.4 Å². The first-order valence-corrected chi connectivity index (χ1v) is 9.45. The Hall–Kier alpha value is -3.44. The molecule has 3 amide bonds. The molecule has 0 saturated carbocycles. The van der Waals surface area contributed by atoms with Gasteiger partial charge in [0.2, 0.25) is 0 Å². The van der Waals surface area contributed by atoms with Crippen molar-refractivity contribution in [2.75, 3.05) is 4.90 Å². The summed E-state index contributed by atoms with van der Waals surface area (Å²) >= 11 is 6.13. The van der Waals surface area contributed by atoms with Crippen LogP contribution in [0.3, 0.4) is 0 Å². The molecule has 1 N–H and O–H groups in total. The molecule has 0 spiro atoms. The fourth-order valence-electron chi connectivity index (χ4n) is 3.32. The third-order valence-corrected chi connectivity index (χ3v) is 5.27. The van der Waals surface area contributed by atoms with Gasteiger partial charge >= 0.3 is 0 Å². The first kappa shape index (κ1) is 18.9. The highest BCUT2D eigenvalue weighted by atomic mass is 35.5. The van der Waals surface area contributed by atoms with Crippen LogP contribution in [0.2, 0.25) is 5.02 Å². The summed E-state index contributed by atoms with van der Waals surface area (Å²) in [6.45, 7) is 2.07. The normalized spacial score (nSPS) is 12.8. The monoisotopic (exact) mass is 404 g/mol. The van der Waals surface area contributed by atoms with E-state index in [9.17, 15) is 14.4 Å². The van der Waals surface area contributed by atoms with Gasteiger partial charge in [0, 0.05) is 17.1 Å². The highest BCUT2D eigenvalue weighted by molar-refractivity contribution is 6.34. The molecule has 0 atom stereocenters. The van der Waals surface area contributed by atoms with E-state index in [4.69, 9.17) is 11.6 Å². The molecule has 0 fully saturated rings. The number of anilines is 1. The molecule has 3 aromatic carbocycles. The maximum Gasteiger partial charge on any atom is 0.266 e. The second-order valence-electron chi connectivity index (χ2n) is 6.77. The van der Waals surface area contributed by atoms with Crippen molar-refractivity contribution < 1.29 is 14.4 Å². The summed E-state index contributed by atoms with van der Waals surface area (Å²) in [5.74, 6) is -1.09. The van der Waals surface area contributed by atoms with Crippen LogP contribution >= 0.6 is 11.6 Å². The lowest BCUT2D eigenvalue weighted by Gasteiger charge is -2.18. The third-order valence-electron chi connectivity index (χ3n) is 4.90. The number of halogens is 1. The number of carbonyl (C=O) groups is 3. The maximum absolute atomic E-state index is 12.8. The quantitative estimate of drug-likeness (QED) is 0.656. The fourth-order valence-corrected chi connectivity index (χ4v) is 3.52. The largest absolute Gasteiger partial charge is 0.348 e. The third kappa shape index (κ3) is 3.41. The van der Waals surface area contributed by atoms with Gasteiger partial charge in [-0.2, -0.15) is 0 Å². The first-order valence-electron chi connectivity index (χ1n) is 9.07. The van der Waals surface area contributed by atoms with Gasteiger partial charge in [-0.25, -0.2) is 4.90 Å². The van der Waals surface area contributed by atoms with E-state index >= 15 is 0 Å². The van der Waals surface area contributed by atoms with Gasteiger partial charge in [0.15, 0.2) is 0 Å². The van der Waals surface area contributed by atoms with Gasteiger partial charge in [0.1, 0.15) is 0 Å². The lowest BCUT2D eigenvalue weighted by molar-refractivity contribution is 0.0919.